The van der Waals surface area contributed by atoms with Crippen LogP contribution >= 0.6 is 0 Å². The zero-order valence-electron chi connectivity index (χ0n) is 17.5. The van der Waals surface area contributed by atoms with Gasteiger partial charge in [0.2, 0.25) is 0 Å². The van der Waals surface area contributed by atoms with E-state index in [0.717, 1.165) is 36.9 Å². The van der Waals surface area contributed by atoms with Crippen molar-refractivity contribution in [3.8, 4) is 0 Å². The normalized spacial score (nSPS) is 21.5. The standard InChI is InChI=1S/C27H30N2O/c30-27(24-14-13-22-10-4-5-11-23(22)16-24)12-6-7-15-28-19-26-17-25(28)20-29(26)18-21-8-2-1-3-9-21/h1-5,8-11,13-14,16,25-26H,6-7,12,15,17-20H2. The van der Waals surface area contributed by atoms with Crippen molar-refractivity contribution in [1.29, 1.82) is 0 Å². The quantitative estimate of drug-likeness (QED) is 0.387. The van der Waals surface area contributed by atoms with Crippen LogP contribution in [-0.2, 0) is 6.54 Å². The van der Waals surface area contributed by atoms with Crippen LogP contribution < -0.4 is 0 Å². The maximum absolute atomic E-state index is 12.6. The van der Waals surface area contributed by atoms with Crippen molar-refractivity contribution in [1.82, 2.24) is 9.80 Å². The van der Waals surface area contributed by atoms with E-state index in [1.165, 1.54) is 30.5 Å². The summed E-state index contributed by atoms with van der Waals surface area (Å²) in [5.41, 5.74) is 2.27. The van der Waals surface area contributed by atoms with Crippen molar-refractivity contribution in [3.05, 3.63) is 83.9 Å². The summed E-state index contributed by atoms with van der Waals surface area (Å²) in [4.78, 5) is 17.9. The molecule has 3 heteroatoms. The van der Waals surface area contributed by atoms with Gasteiger partial charge in [-0.3, -0.25) is 14.6 Å². The van der Waals surface area contributed by atoms with Crippen LogP contribution in [0.3, 0.4) is 0 Å². The predicted octanol–water partition coefficient (Wildman–Crippen LogP) is 5.15. The highest BCUT2D eigenvalue weighted by Crippen LogP contribution is 2.32. The molecule has 0 amide bonds. The summed E-state index contributed by atoms with van der Waals surface area (Å²) in [6.45, 7) is 4.59. The molecule has 0 saturated carbocycles. The molecule has 2 aliphatic rings. The first-order chi connectivity index (χ1) is 14.8. The second-order valence-electron chi connectivity index (χ2n) is 8.90. The fraction of sp³-hybridized carbons (Fsp3) is 0.370. The zero-order chi connectivity index (χ0) is 20.3. The SMILES string of the molecule is O=C(CCCCN1CC2CC1CN2Cc1ccccc1)c1ccc2ccccc2c1. The van der Waals surface area contributed by atoms with E-state index in [2.05, 4.69) is 58.3 Å². The van der Waals surface area contributed by atoms with Crippen molar-refractivity contribution in [3.63, 3.8) is 0 Å². The van der Waals surface area contributed by atoms with Crippen molar-refractivity contribution >= 4 is 16.6 Å². The molecule has 2 saturated heterocycles. The number of likely N-dealkylation sites (tertiary alicyclic amines) is 2. The highest BCUT2D eigenvalue weighted by Gasteiger charge is 2.42. The molecule has 0 radical (unpaired) electrons. The van der Waals surface area contributed by atoms with E-state index in [1.54, 1.807) is 0 Å². The average Bonchev–Trinajstić information content (AvgIpc) is 3.37. The van der Waals surface area contributed by atoms with E-state index < -0.39 is 0 Å². The topological polar surface area (TPSA) is 23.6 Å². The molecule has 2 heterocycles. The molecule has 3 aromatic carbocycles. The lowest BCUT2D eigenvalue weighted by Crippen LogP contribution is -2.46. The molecule has 2 aliphatic heterocycles. The molecule has 154 valence electrons. The van der Waals surface area contributed by atoms with Gasteiger partial charge < -0.3 is 0 Å². The summed E-state index contributed by atoms with van der Waals surface area (Å²) in [5, 5.41) is 2.34. The Morgan fingerprint density at radius 2 is 1.53 bits per heavy atom. The van der Waals surface area contributed by atoms with Gasteiger partial charge in [0.15, 0.2) is 5.78 Å². The number of benzene rings is 3. The fourth-order valence-corrected chi connectivity index (χ4v) is 5.22. The lowest BCUT2D eigenvalue weighted by molar-refractivity contribution is 0.0972. The first kappa shape index (κ1) is 19.5. The van der Waals surface area contributed by atoms with Crippen LogP contribution in [0.4, 0.5) is 0 Å². The molecule has 2 fully saturated rings. The van der Waals surface area contributed by atoms with Gasteiger partial charge >= 0.3 is 0 Å². The first-order valence-electron chi connectivity index (χ1n) is 11.3. The summed E-state index contributed by atoms with van der Waals surface area (Å²) in [6.07, 6.45) is 4.05. The number of fused-ring (bicyclic) bond motifs is 3. The number of nitrogens with zero attached hydrogens (tertiary/aromatic N) is 2. The number of hydrogen-bond donors (Lipinski definition) is 0. The lowest BCUT2D eigenvalue weighted by Gasteiger charge is -2.34. The Morgan fingerprint density at radius 3 is 2.33 bits per heavy atom. The first-order valence-corrected chi connectivity index (χ1v) is 11.3. The molecule has 2 unspecified atom stereocenters. The van der Waals surface area contributed by atoms with Gasteiger partial charge in [0.05, 0.1) is 0 Å². The fourth-order valence-electron chi connectivity index (χ4n) is 5.22. The zero-order valence-corrected chi connectivity index (χ0v) is 17.5. The van der Waals surface area contributed by atoms with Gasteiger partial charge in [-0.2, -0.15) is 0 Å². The number of Topliss-reactive ketones (excluding diaryl/α,β-unsaturated/α-hetero) is 1. The van der Waals surface area contributed by atoms with Gasteiger partial charge in [-0.15, -0.1) is 0 Å². The number of ketones is 1. The Hall–Kier alpha value is -2.49. The Balaban J connectivity index is 1.06. The molecular weight excluding hydrogens is 368 g/mol. The van der Waals surface area contributed by atoms with Crippen LogP contribution in [0, 0.1) is 0 Å². The van der Waals surface area contributed by atoms with Gasteiger partial charge in [0.1, 0.15) is 0 Å². The number of carbonyl (C=O) groups is 1. The van der Waals surface area contributed by atoms with Gasteiger partial charge in [-0.25, -0.2) is 0 Å². The lowest BCUT2D eigenvalue weighted by atomic mass is 10.0. The third kappa shape index (κ3) is 4.19. The van der Waals surface area contributed by atoms with Crippen LogP contribution in [0.25, 0.3) is 10.8 Å². The van der Waals surface area contributed by atoms with Crippen molar-refractivity contribution in [2.75, 3.05) is 19.6 Å². The number of rotatable bonds is 8. The van der Waals surface area contributed by atoms with E-state index in [0.29, 0.717) is 18.5 Å². The molecule has 0 aromatic heterocycles. The predicted molar refractivity (Wildman–Crippen MR) is 123 cm³/mol. The number of hydrogen-bond acceptors (Lipinski definition) is 3. The molecule has 2 bridgehead atoms. The Kier molecular flexibility index (Phi) is 5.65. The molecule has 30 heavy (non-hydrogen) atoms. The third-order valence-electron chi connectivity index (χ3n) is 6.87. The van der Waals surface area contributed by atoms with Crippen LogP contribution in [0.2, 0.25) is 0 Å². The van der Waals surface area contributed by atoms with E-state index in [-0.39, 0.29) is 5.78 Å². The largest absolute Gasteiger partial charge is 0.297 e. The maximum atomic E-state index is 12.6. The molecule has 3 nitrogen and oxygen atoms in total. The molecule has 5 rings (SSSR count). The Labute approximate surface area is 179 Å². The highest BCUT2D eigenvalue weighted by molar-refractivity contribution is 5.99. The summed E-state index contributed by atoms with van der Waals surface area (Å²) in [7, 11) is 0. The monoisotopic (exact) mass is 398 g/mol. The molecule has 0 N–H and O–H groups in total. The summed E-state index contributed by atoms with van der Waals surface area (Å²) < 4.78 is 0. The van der Waals surface area contributed by atoms with E-state index in [1.807, 2.05) is 24.3 Å². The van der Waals surface area contributed by atoms with Gasteiger partial charge in [-0.1, -0.05) is 66.7 Å². The molecule has 3 aromatic rings. The number of unbranched alkanes of at least 4 members (excludes halogenated alkanes) is 1. The number of carbonyl (C=O) groups excluding carboxylic acids is 1. The second kappa shape index (κ2) is 8.71. The van der Waals surface area contributed by atoms with Crippen LogP contribution in [0.5, 0.6) is 0 Å². The molecule has 0 spiro atoms. The summed E-state index contributed by atoms with van der Waals surface area (Å²) in [6, 6.07) is 26.5. The molecular formula is C27H30N2O. The van der Waals surface area contributed by atoms with Crippen molar-refractivity contribution in [2.45, 2.75) is 44.3 Å². The van der Waals surface area contributed by atoms with Gasteiger partial charge in [-0.05, 0) is 48.2 Å². The van der Waals surface area contributed by atoms with Gasteiger partial charge in [0, 0.05) is 43.7 Å². The third-order valence-corrected chi connectivity index (χ3v) is 6.87. The average molecular weight is 399 g/mol. The molecule has 2 atom stereocenters. The maximum Gasteiger partial charge on any atom is 0.162 e. The van der Waals surface area contributed by atoms with E-state index in [4.69, 9.17) is 0 Å². The summed E-state index contributed by atoms with van der Waals surface area (Å²) in [5.74, 6) is 0.276. The van der Waals surface area contributed by atoms with E-state index >= 15 is 0 Å². The summed E-state index contributed by atoms with van der Waals surface area (Å²) >= 11 is 0. The molecule has 0 aliphatic carbocycles. The van der Waals surface area contributed by atoms with Crippen LogP contribution in [-0.4, -0.2) is 47.3 Å². The van der Waals surface area contributed by atoms with E-state index in [9.17, 15) is 4.79 Å². The van der Waals surface area contributed by atoms with Crippen LogP contribution in [0.1, 0.15) is 41.6 Å². The van der Waals surface area contributed by atoms with Crippen molar-refractivity contribution < 1.29 is 4.79 Å². The van der Waals surface area contributed by atoms with Crippen molar-refractivity contribution in [2.24, 2.45) is 0 Å². The smallest absolute Gasteiger partial charge is 0.162 e. The van der Waals surface area contributed by atoms with Gasteiger partial charge in [0.25, 0.3) is 0 Å². The Morgan fingerprint density at radius 1 is 0.800 bits per heavy atom. The minimum absolute atomic E-state index is 0.276. The second-order valence-corrected chi connectivity index (χ2v) is 8.90. The Bertz CT molecular complexity index is 1020. The minimum Gasteiger partial charge on any atom is -0.297 e. The highest BCUT2D eigenvalue weighted by atomic mass is 16.1. The number of piperazine rings is 1. The van der Waals surface area contributed by atoms with Crippen LogP contribution in [0.15, 0.2) is 72.8 Å². The minimum atomic E-state index is 0.276.